The summed E-state index contributed by atoms with van der Waals surface area (Å²) < 4.78 is 0. The molecule has 1 aromatic heterocycles. The van der Waals surface area contributed by atoms with Gasteiger partial charge in [0.05, 0.1) is 0 Å². The van der Waals surface area contributed by atoms with Crippen molar-refractivity contribution in [3.05, 3.63) is 83.6 Å². The van der Waals surface area contributed by atoms with E-state index in [0.29, 0.717) is 0 Å². The molecule has 2 aromatic carbocycles. The molecule has 3 aromatic rings. The predicted molar refractivity (Wildman–Crippen MR) is 125 cm³/mol. The van der Waals surface area contributed by atoms with E-state index in [0.717, 1.165) is 50.2 Å². The number of hydrogen-bond donors (Lipinski definition) is 1. The van der Waals surface area contributed by atoms with Crippen molar-refractivity contribution in [1.82, 2.24) is 14.9 Å². The molecule has 0 bridgehead atoms. The third-order valence-electron chi connectivity index (χ3n) is 5.27. The fourth-order valence-corrected chi connectivity index (χ4v) is 3.80. The summed E-state index contributed by atoms with van der Waals surface area (Å²) in [6.07, 6.45) is 6.27. The number of piperazine rings is 1. The number of rotatable bonds is 6. The Balaban J connectivity index is 1.32. The Kier molecular flexibility index (Phi) is 6.40. The molecule has 5 heteroatoms. The van der Waals surface area contributed by atoms with Crippen LogP contribution in [0.3, 0.4) is 0 Å². The molecule has 1 aliphatic heterocycles. The van der Waals surface area contributed by atoms with Crippen LogP contribution in [0.5, 0.6) is 0 Å². The van der Waals surface area contributed by atoms with Gasteiger partial charge in [-0.15, -0.1) is 0 Å². The first-order chi connectivity index (χ1) is 14.7. The number of aromatic nitrogens is 2. The average molecular weight is 400 g/mol. The number of aryl methyl sites for hydroxylation is 2. The maximum atomic E-state index is 4.75. The van der Waals surface area contributed by atoms with Gasteiger partial charge >= 0.3 is 0 Å². The Morgan fingerprint density at radius 3 is 2.40 bits per heavy atom. The molecule has 5 nitrogen and oxygen atoms in total. The van der Waals surface area contributed by atoms with Crippen LogP contribution in [-0.2, 0) is 0 Å². The van der Waals surface area contributed by atoms with E-state index in [4.69, 9.17) is 4.98 Å². The Morgan fingerprint density at radius 1 is 0.933 bits per heavy atom. The van der Waals surface area contributed by atoms with Crippen molar-refractivity contribution in [2.24, 2.45) is 0 Å². The number of nitrogens with one attached hydrogen (secondary N) is 1. The third-order valence-corrected chi connectivity index (χ3v) is 5.27. The standard InChI is InChI=1S/C25H29N5/c1-20-17-21(2)19-23(18-20)27-24-10-11-26-25(28-24)30-15-13-29(14-16-30)12-6-9-22-7-4-3-5-8-22/h3-11,17-19H,12-16H2,1-2H3,(H,26,27,28)/b9-6+. The minimum absolute atomic E-state index is 0.795. The highest BCUT2D eigenvalue weighted by Crippen LogP contribution is 2.20. The largest absolute Gasteiger partial charge is 0.340 e. The van der Waals surface area contributed by atoms with Crippen LogP contribution >= 0.6 is 0 Å². The summed E-state index contributed by atoms with van der Waals surface area (Å²) in [7, 11) is 0. The fourth-order valence-electron chi connectivity index (χ4n) is 3.80. The Bertz CT molecular complexity index is 971. The fraction of sp³-hybridized carbons (Fsp3) is 0.280. The van der Waals surface area contributed by atoms with Crippen LogP contribution in [0.1, 0.15) is 16.7 Å². The van der Waals surface area contributed by atoms with Gasteiger partial charge in [0.25, 0.3) is 0 Å². The van der Waals surface area contributed by atoms with Crippen LogP contribution in [0.4, 0.5) is 17.5 Å². The molecule has 2 heterocycles. The van der Waals surface area contributed by atoms with Crippen LogP contribution in [0.25, 0.3) is 6.08 Å². The van der Waals surface area contributed by atoms with Gasteiger partial charge in [0, 0.05) is 44.6 Å². The molecular formula is C25H29N5. The van der Waals surface area contributed by atoms with E-state index >= 15 is 0 Å². The summed E-state index contributed by atoms with van der Waals surface area (Å²) in [6, 6.07) is 18.8. The normalized spacial score (nSPS) is 14.9. The van der Waals surface area contributed by atoms with Crippen LogP contribution in [0.15, 0.2) is 66.9 Å². The number of nitrogens with zero attached hydrogens (tertiary/aromatic N) is 4. The van der Waals surface area contributed by atoms with Crippen molar-refractivity contribution in [3.8, 4) is 0 Å². The number of benzene rings is 2. The molecule has 30 heavy (non-hydrogen) atoms. The minimum atomic E-state index is 0.795. The van der Waals surface area contributed by atoms with Crippen LogP contribution in [0.2, 0.25) is 0 Å². The van der Waals surface area contributed by atoms with Gasteiger partial charge in [-0.1, -0.05) is 48.6 Å². The molecule has 0 radical (unpaired) electrons. The second kappa shape index (κ2) is 9.55. The van der Waals surface area contributed by atoms with E-state index in [1.54, 1.807) is 0 Å². The van der Waals surface area contributed by atoms with Crippen molar-refractivity contribution < 1.29 is 0 Å². The van der Waals surface area contributed by atoms with E-state index < -0.39 is 0 Å². The molecule has 1 fully saturated rings. The van der Waals surface area contributed by atoms with Gasteiger partial charge in [-0.25, -0.2) is 4.98 Å². The lowest BCUT2D eigenvalue weighted by atomic mass is 10.1. The zero-order valence-electron chi connectivity index (χ0n) is 17.8. The summed E-state index contributed by atoms with van der Waals surface area (Å²) in [5, 5.41) is 3.42. The molecule has 0 aliphatic carbocycles. The molecule has 0 amide bonds. The molecule has 154 valence electrons. The van der Waals surface area contributed by atoms with Gasteiger partial charge in [-0.2, -0.15) is 4.98 Å². The molecule has 0 unspecified atom stereocenters. The zero-order valence-corrected chi connectivity index (χ0v) is 17.8. The topological polar surface area (TPSA) is 44.3 Å². The summed E-state index contributed by atoms with van der Waals surface area (Å²) in [6.45, 7) is 9.08. The number of hydrogen-bond acceptors (Lipinski definition) is 5. The lowest BCUT2D eigenvalue weighted by Crippen LogP contribution is -2.46. The van der Waals surface area contributed by atoms with Crippen LogP contribution in [0, 0.1) is 13.8 Å². The molecular weight excluding hydrogens is 370 g/mol. The van der Waals surface area contributed by atoms with Crippen molar-refractivity contribution in [2.45, 2.75) is 13.8 Å². The second-order valence-electron chi connectivity index (χ2n) is 7.84. The van der Waals surface area contributed by atoms with Crippen molar-refractivity contribution in [3.63, 3.8) is 0 Å². The van der Waals surface area contributed by atoms with E-state index in [-0.39, 0.29) is 0 Å². The number of anilines is 3. The van der Waals surface area contributed by atoms with Crippen molar-refractivity contribution in [1.29, 1.82) is 0 Å². The van der Waals surface area contributed by atoms with Gasteiger partial charge in [0.15, 0.2) is 0 Å². The molecule has 4 rings (SSSR count). The van der Waals surface area contributed by atoms with Crippen molar-refractivity contribution >= 4 is 23.5 Å². The minimum Gasteiger partial charge on any atom is -0.340 e. The van der Waals surface area contributed by atoms with E-state index in [2.05, 4.69) is 88.6 Å². The maximum absolute atomic E-state index is 4.75. The Hall–Kier alpha value is -3.18. The van der Waals surface area contributed by atoms with Crippen LogP contribution in [-0.4, -0.2) is 47.6 Å². The second-order valence-corrected chi connectivity index (χ2v) is 7.84. The van der Waals surface area contributed by atoms with E-state index in [9.17, 15) is 0 Å². The summed E-state index contributed by atoms with van der Waals surface area (Å²) in [5.41, 5.74) is 4.79. The van der Waals surface area contributed by atoms with Gasteiger partial charge in [0.2, 0.25) is 5.95 Å². The molecule has 1 N–H and O–H groups in total. The third kappa shape index (κ3) is 5.45. The van der Waals surface area contributed by atoms with Gasteiger partial charge in [-0.3, -0.25) is 4.90 Å². The molecule has 0 atom stereocenters. The van der Waals surface area contributed by atoms with Gasteiger partial charge in [0.1, 0.15) is 5.82 Å². The maximum Gasteiger partial charge on any atom is 0.227 e. The molecule has 1 aliphatic rings. The summed E-state index contributed by atoms with van der Waals surface area (Å²) in [5.74, 6) is 1.63. The van der Waals surface area contributed by atoms with E-state index in [1.807, 2.05) is 18.3 Å². The Labute approximate surface area is 179 Å². The molecule has 0 spiro atoms. The zero-order chi connectivity index (χ0) is 20.8. The molecule has 0 saturated carbocycles. The van der Waals surface area contributed by atoms with Gasteiger partial charge < -0.3 is 10.2 Å². The highest BCUT2D eigenvalue weighted by atomic mass is 15.3. The first-order valence-corrected chi connectivity index (χ1v) is 10.5. The van der Waals surface area contributed by atoms with E-state index in [1.165, 1.54) is 16.7 Å². The summed E-state index contributed by atoms with van der Waals surface area (Å²) >= 11 is 0. The van der Waals surface area contributed by atoms with Gasteiger partial charge in [-0.05, 0) is 48.7 Å². The first-order valence-electron chi connectivity index (χ1n) is 10.5. The quantitative estimate of drug-likeness (QED) is 0.652. The molecule has 1 saturated heterocycles. The monoisotopic (exact) mass is 399 g/mol. The average Bonchev–Trinajstić information content (AvgIpc) is 2.74. The Morgan fingerprint density at radius 2 is 1.67 bits per heavy atom. The predicted octanol–water partition coefficient (Wildman–Crippen LogP) is 4.67. The highest BCUT2D eigenvalue weighted by molar-refractivity contribution is 5.59. The highest BCUT2D eigenvalue weighted by Gasteiger charge is 2.18. The van der Waals surface area contributed by atoms with Crippen LogP contribution < -0.4 is 10.2 Å². The lowest BCUT2D eigenvalue weighted by Gasteiger charge is -2.34. The smallest absolute Gasteiger partial charge is 0.227 e. The SMILES string of the molecule is Cc1cc(C)cc(Nc2ccnc(N3CCN(C/C=C/c4ccccc4)CC3)n2)c1. The lowest BCUT2D eigenvalue weighted by molar-refractivity contribution is 0.283. The summed E-state index contributed by atoms with van der Waals surface area (Å²) in [4.78, 5) is 14.0. The van der Waals surface area contributed by atoms with Crippen molar-refractivity contribution in [2.75, 3.05) is 42.9 Å². The first kappa shape index (κ1) is 20.1.